The van der Waals surface area contributed by atoms with Crippen LogP contribution in [0.25, 0.3) is 0 Å². The number of methoxy groups -OCH3 is 1. The SMILES string of the molecule is COc1cc(Cl)c(C(F)(F)F)cc1NC(=O)Nc1ccc(Oc2cccc(C(=O)Nc3ccc(N4CCOCC4)cc3)c2)cc1Cl. The molecule has 1 heterocycles. The maximum atomic E-state index is 13.3. The van der Waals surface area contributed by atoms with Crippen molar-refractivity contribution in [1.29, 1.82) is 0 Å². The summed E-state index contributed by atoms with van der Waals surface area (Å²) < 4.78 is 56.2. The third kappa shape index (κ3) is 8.13. The molecule has 0 unspecified atom stereocenters. The Morgan fingerprint density at radius 1 is 0.826 bits per heavy atom. The van der Waals surface area contributed by atoms with Gasteiger partial charge in [-0.25, -0.2) is 4.79 Å². The van der Waals surface area contributed by atoms with Crippen LogP contribution >= 0.6 is 23.2 Å². The van der Waals surface area contributed by atoms with E-state index in [1.54, 1.807) is 24.3 Å². The molecule has 9 nitrogen and oxygen atoms in total. The lowest BCUT2D eigenvalue weighted by Crippen LogP contribution is -2.36. The number of nitrogens with zero attached hydrogens (tertiary/aromatic N) is 1. The Morgan fingerprint density at radius 3 is 2.20 bits per heavy atom. The minimum absolute atomic E-state index is 0.0689. The first-order chi connectivity index (χ1) is 22.0. The predicted molar refractivity (Wildman–Crippen MR) is 171 cm³/mol. The zero-order valence-electron chi connectivity index (χ0n) is 24.2. The lowest BCUT2D eigenvalue weighted by Gasteiger charge is -2.28. The second-order valence-electron chi connectivity index (χ2n) is 9.98. The van der Waals surface area contributed by atoms with Crippen LogP contribution < -0.4 is 30.3 Å². The molecule has 1 aliphatic heterocycles. The number of alkyl halides is 3. The van der Waals surface area contributed by atoms with Gasteiger partial charge in [0.15, 0.2) is 0 Å². The molecule has 14 heteroatoms. The maximum Gasteiger partial charge on any atom is 0.417 e. The zero-order valence-corrected chi connectivity index (χ0v) is 25.7. The molecule has 240 valence electrons. The van der Waals surface area contributed by atoms with Crippen LogP contribution in [0, 0.1) is 0 Å². The van der Waals surface area contributed by atoms with E-state index < -0.39 is 22.8 Å². The van der Waals surface area contributed by atoms with Crippen molar-refractivity contribution in [2.75, 3.05) is 54.3 Å². The Bertz CT molecular complexity index is 1730. The fraction of sp³-hybridized carbons (Fsp3) is 0.188. The fourth-order valence-electron chi connectivity index (χ4n) is 4.59. The molecule has 3 amide bonds. The predicted octanol–water partition coefficient (Wildman–Crippen LogP) is 8.55. The lowest BCUT2D eigenvalue weighted by molar-refractivity contribution is -0.137. The Kier molecular flexibility index (Phi) is 10.1. The number of nitrogens with one attached hydrogen (secondary N) is 3. The minimum Gasteiger partial charge on any atom is -0.495 e. The standard InChI is InChI=1S/C32H27Cl2F3N4O5/c1-44-29-18-25(33)24(32(35,36)37)17-28(29)40-31(43)39-27-10-9-23(16-26(27)34)46-22-4-2-3-19(15-22)30(42)38-20-5-7-21(8-6-20)41-11-13-45-14-12-41/h2-10,15-18H,11-14H2,1H3,(H,38,42)(H2,39,40,43). The molecular weight excluding hydrogens is 648 g/mol. The highest BCUT2D eigenvalue weighted by molar-refractivity contribution is 6.34. The van der Waals surface area contributed by atoms with Crippen LogP contribution in [0.15, 0.2) is 78.9 Å². The summed E-state index contributed by atoms with van der Waals surface area (Å²) in [6.45, 7) is 2.99. The highest BCUT2D eigenvalue weighted by Crippen LogP contribution is 2.40. The van der Waals surface area contributed by atoms with Crippen molar-refractivity contribution in [3.8, 4) is 17.2 Å². The second-order valence-corrected chi connectivity index (χ2v) is 10.8. The molecule has 5 rings (SSSR count). The molecular formula is C32H27Cl2F3N4O5. The fourth-order valence-corrected chi connectivity index (χ4v) is 5.07. The van der Waals surface area contributed by atoms with E-state index in [0.717, 1.165) is 24.8 Å². The van der Waals surface area contributed by atoms with Crippen molar-refractivity contribution in [2.24, 2.45) is 0 Å². The van der Waals surface area contributed by atoms with Crippen LogP contribution in [0.5, 0.6) is 17.2 Å². The molecule has 0 atom stereocenters. The molecule has 4 aromatic carbocycles. The first-order valence-corrected chi connectivity index (χ1v) is 14.6. The average Bonchev–Trinajstić information content (AvgIpc) is 3.03. The van der Waals surface area contributed by atoms with E-state index in [9.17, 15) is 22.8 Å². The molecule has 3 N–H and O–H groups in total. The number of ether oxygens (including phenoxy) is 3. The lowest BCUT2D eigenvalue weighted by atomic mass is 10.1. The van der Waals surface area contributed by atoms with E-state index in [4.69, 9.17) is 37.4 Å². The molecule has 0 aliphatic carbocycles. The first kappa shape index (κ1) is 32.7. The number of morpholine rings is 1. The van der Waals surface area contributed by atoms with Gasteiger partial charge in [0.05, 0.1) is 47.3 Å². The Hall–Kier alpha value is -4.65. The summed E-state index contributed by atoms with van der Waals surface area (Å²) >= 11 is 12.1. The van der Waals surface area contributed by atoms with Crippen LogP contribution in [-0.2, 0) is 10.9 Å². The summed E-state index contributed by atoms with van der Waals surface area (Å²) in [6, 6.07) is 19.3. The maximum absolute atomic E-state index is 13.3. The van der Waals surface area contributed by atoms with Crippen LogP contribution in [0.4, 0.5) is 40.7 Å². The number of benzene rings is 4. The van der Waals surface area contributed by atoms with Gasteiger partial charge in [-0.3, -0.25) is 4.79 Å². The molecule has 0 saturated carbocycles. The first-order valence-electron chi connectivity index (χ1n) is 13.8. The zero-order chi connectivity index (χ0) is 32.8. The molecule has 1 fully saturated rings. The van der Waals surface area contributed by atoms with Gasteiger partial charge < -0.3 is 35.1 Å². The van der Waals surface area contributed by atoms with E-state index in [1.807, 2.05) is 24.3 Å². The topological polar surface area (TPSA) is 101 Å². The average molecular weight is 675 g/mol. The largest absolute Gasteiger partial charge is 0.495 e. The van der Waals surface area contributed by atoms with Gasteiger partial charge >= 0.3 is 12.2 Å². The number of urea groups is 1. The number of carbonyl (C=O) groups excluding carboxylic acids is 2. The van der Waals surface area contributed by atoms with Gasteiger partial charge in [0.2, 0.25) is 0 Å². The molecule has 1 saturated heterocycles. The molecule has 1 aliphatic rings. The quantitative estimate of drug-likeness (QED) is 0.173. The minimum atomic E-state index is -4.74. The molecule has 0 bridgehead atoms. The van der Waals surface area contributed by atoms with Gasteiger partial charge in [0, 0.05) is 42.2 Å². The molecule has 46 heavy (non-hydrogen) atoms. The van der Waals surface area contributed by atoms with Gasteiger partial charge in [0.25, 0.3) is 5.91 Å². The van der Waals surface area contributed by atoms with Gasteiger partial charge in [-0.05, 0) is 60.7 Å². The van der Waals surface area contributed by atoms with Crippen molar-refractivity contribution < 1.29 is 37.0 Å². The number of hydrogen-bond donors (Lipinski definition) is 3. The van der Waals surface area contributed by atoms with Crippen molar-refractivity contribution in [3.05, 3.63) is 100 Å². The number of amides is 3. The van der Waals surface area contributed by atoms with E-state index in [0.29, 0.717) is 42.0 Å². The number of hydrogen-bond acceptors (Lipinski definition) is 6. The third-order valence-corrected chi connectivity index (χ3v) is 7.49. The van der Waals surface area contributed by atoms with E-state index >= 15 is 0 Å². The number of carbonyl (C=O) groups is 2. The summed E-state index contributed by atoms with van der Waals surface area (Å²) in [5.74, 6) is 0.273. The highest BCUT2D eigenvalue weighted by Gasteiger charge is 2.34. The Labute approximate surface area is 272 Å². The normalized spacial score (nSPS) is 13.1. The van der Waals surface area contributed by atoms with Gasteiger partial charge in [-0.15, -0.1) is 0 Å². The van der Waals surface area contributed by atoms with Crippen molar-refractivity contribution in [2.45, 2.75) is 6.18 Å². The Balaban J connectivity index is 1.20. The van der Waals surface area contributed by atoms with Crippen molar-refractivity contribution in [1.82, 2.24) is 0 Å². The Morgan fingerprint density at radius 2 is 1.52 bits per heavy atom. The summed E-state index contributed by atoms with van der Waals surface area (Å²) in [5, 5.41) is 7.18. The summed E-state index contributed by atoms with van der Waals surface area (Å²) in [5.41, 5.74) is 0.831. The van der Waals surface area contributed by atoms with Crippen molar-refractivity contribution in [3.63, 3.8) is 0 Å². The molecule has 0 radical (unpaired) electrons. The molecule has 4 aromatic rings. The van der Waals surface area contributed by atoms with Crippen LogP contribution in [-0.4, -0.2) is 45.4 Å². The summed E-state index contributed by atoms with van der Waals surface area (Å²) in [4.78, 5) is 27.8. The number of rotatable bonds is 8. The third-order valence-electron chi connectivity index (χ3n) is 6.86. The van der Waals surface area contributed by atoms with Gasteiger partial charge in [0.1, 0.15) is 17.2 Å². The molecule has 0 spiro atoms. The number of halogens is 5. The van der Waals surface area contributed by atoms with Crippen molar-refractivity contribution >= 4 is 57.9 Å². The monoisotopic (exact) mass is 674 g/mol. The van der Waals surface area contributed by atoms with Crippen LogP contribution in [0.1, 0.15) is 15.9 Å². The van der Waals surface area contributed by atoms with E-state index in [1.165, 1.54) is 25.3 Å². The van der Waals surface area contributed by atoms with Crippen LogP contribution in [0.2, 0.25) is 10.0 Å². The number of anilines is 4. The van der Waals surface area contributed by atoms with Gasteiger partial charge in [-0.2, -0.15) is 13.2 Å². The van der Waals surface area contributed by atoms with E-state index in [-0.39, 0.29) is 28.1 Å². The van der Waals surface area contributed by atoms with Crippen LogP contribution in [0.3, 0.4) is 0 Å². The summed E-state index contributed by atoms with van der Waals surface area (Å²) in [6.07, 6.45) is -4.74. The smallest absolute Gasteiger partial charge is 0.417 e. The van der Waals surface area contributed by atoms with Gasteiger partial charge in [-0.1, -0.05) is 29.3 Å². The summed E-state index contributed by atoms with van der Waals surface area (Å²) in [7, 11) is 1.23. The highest BCUT2D eigenvalue weighted by atomic mass is 35.5. The van der Waals surface area contributed by atoms with E-state index in [2.05, 4.69) is 20.9 Å². The second kappa shape index (κ2) is 14.2. The molecule has 0 aromatic heterocycles.